The minimum atomic E-state index is -0.116. The van der Waals surface area contributed by atoms with E-state index in [1.807, 2.05) is 0 Å². The number of hydrogen-bond donors (Lipinski definition) is 0. The van der Waals surface area contributed by atoms with E-state index in [0.29, 0.717) is 18.2 Å². The molecule has 0 spiro atoms. The van der Waals surface area contributed by atoms with Gasteiger partial charge in [0.25, 0.3) is 0 Å². The molecule has 2 saturated carbocycles. The minimum absolute atomic E-state index is 0.116. The molecule has 166 valence electrons. The van der Waals surface area contributed by atoms with Crippen LogP contribution in [0.4, 0.5) is 0 Å². The van der Waals surface area contributed by atoms with Gasteiger partial charge in [-0.25, -0.2) is 0 Å². The number of piperidine rings is 1. The van der Waals surface area contributed by atoms with Crippen LogP contribution in [0.5, 0.6) is 0 Å². The van der Waals surface area contributed by atoms with Crippen LogP contribution in [-0.2, 0) is 14.9 Å². The molecule has 4 aliphatic rings. The van der Waals surface area contributed by atoms with E-state index in [0.717, 1.165) is 88.4 Å². The number of aromatic nitrogens is 2. The Morgan fingerprint density at radius 3 is 2.60 bits per heavy atom. The maximum atomic E-state index is 13.1. The molecule has 1 aromatic heterocycles. The second-order valence-electron chi connectivity index (χ2n) is 10.4. The van der Waals surface area contributed by atoms with Gasteiger partial charge in [-0.15, -0.1) is 0 Å². The van der Waals surface area contributed by atoms with Gasteiger partial charge in [0.05, 0.1) is 5.41 Å². The fraction of sp³-hybridized carbons (Fsp3) is 0.875. The number of carbonyl (C=O) groups is 1. The molecule has 6 heteroatoms. The maximum absolute atomic E-state index is 13.1. The van der Waals surface area contributed by atoms with Crippen LogP contribution in [0.1, 0.15) is 101 Å². The van der Waals surface area contributed by atoms with Gasteiger partial charge in [0, 0.05) is 38.6 Å². The van der Waals surface area contributed by atoms with Gasteiger partial charge >= 0.3 is 0 Å². The summed E-state index contributed by atoms with van der Waals surface area (Å²) in [4.78, 5) is 20.1. The lowest BCUT2D eigenvalue weighted by molar-refractivity contribution is -0.134. The monoisotopic (exact) mass is 415 g/mol. The van der Waals surface area contributed by atoms with E-state index in [4.69, 9.17) is 14.2 Å². The number of ether oxygens (including phenoxy) is 1. The fourth-order valence-electron chi connectivity index (χ4n) is 6.01. The predicted molar refractivity (Wildman–Crippen MR) is 113 cm³/mol. The molecule has 2 aliphatic heterocycles. The summed E-state index contributed by atoms with van der Waals surface area (Å²) < 4.78 is 11.3. The third kappa shape index (κ3) is 4.58. The highest BCUT2D eigenvalue weighted by Crippen LogP contribution is 2.46. The molecule has 1 atom stereocenters. The Bertz CT molecular complexity index is 719. The van der Waals surface area contributed by atoms with Crippen LogP contribution in [-0.4, -0.2) is 47.3 Å². The molecule has 1 unspecified atom stereocenters. The van der Waals surface area contributed by atoms with Crippen molar-refractivity contribution in [1.82, 2.24) is 15.0 Å². The van der Waals surface area contributed by atoms with Crippen LogP contribution >= 0.6 is 0 Å². The smallest absolute Gasteiger partial charge is 0.229 e. The van der Waals surface area contributed by atoms with Gasteiger partial charge in [-0.3, -0.25) is 4.79 Å². The summed E-state index contributed by atoms with van der Waals surface area (Å²) in [5.74, 6) is 3.86. The fourth-order valence-corrected chi connectivity index (χ4v) is 6.01. The normalized spacial score (nSPS) is 28.9. The van der Waals surface area contributed by atoms with Crippen LogP contribution in [0.3, 0.4) is 0 Å². The molecule has 2 aliphatic carbocycles. The van der Waals surface area contributed by atoms with Gasteiger partial charge in [-0.1, -0.05) is 43.7 Å². The van der Waals surface area contributed by atoms with Gasteiger partial charge in [-0.05, 0) is 50.4 Å². The summed E-state index contributed by atoms with van der Waals surface area (Å²) in [6, 6.07) is 0. The molecule has 0 radical (unpaired) electrons. The lowest BCUT2D eigenvalue weighted by Gasteiger charge is -2.41. The van der Waals surface area contributed by atoms with E-state index < -0.39 is 0 Å². The summed E-state index contributed by atoms with van der Waals surface area (Å²) in [7, 11) is 0. The molecule has 4 fully saturated rings. The van der Waals surface area contributed by atoms with Crippen molar-refractivity contribution in [3.8, 4) is 0 Å². The van der Waals surface area contributed by atoms with Crippen molar-refractivity contribution in [1.29, 1.82) is 0 Å². The Hall–Kier alpha value is -1.43. The van der Waals surface area contributed by atoms with E-state index >= 15 is 0 Å². The minimum Gasteiger partial charge on any atom is -0.381 e. The first-order valence-corrected chi connectivity index (χ1v) is 12.4. The second-order valence-corrected chi connectivity index (χ2v) is 10.4. The Kier molecular flexibility index (Phi) is 6.12. The quantitative estimate of drug-likeness (QED) is 0.651. The zero-order valence-electron chi connectivity index (χ0n) is 18.3. The van der Waals surface area contributed by atoms with Crippen LogP contribution < -0.4 is 0 Å². The highest BCUT2D eigenvalue weighted by molar-refractivity contribution is 5.76. The van der Waals surface area contributed by atoms with Crippen LogP contribution in [0, 0.1) is 11.8 Å². The molecule has 3 heterocycles. The van der Waals surface area contributed by atoms with E-state index in [1.165, 1.54) is 38.5 Å². The first-order chi connectivity index (χ1) is 14.7. The average molecular weight is 416 g/mol. The molecule has 6 nitrogen and oxygen atoms in total. The van der Waals surface area contributed by atoms with Crippen molar-refractivity contribution < 1.29 is 14.1 Å². The number of hydrogen-bond acceptors (Lipinski definition) is 5. The number of amides is 1. The molecule has 0 N–H and O–H groups in total. The predicted octanol–water partition coefficient (Wildman–Crippen LogP) is 4.59. The Labute approximate surface area is 180 Å². The highest BCUT2D eigenvalue weighted by Gasteiger charge is 2.46. The number of likely N-dealkylation sites (tertiary alicyclic amines) is 1. The molecule has 0 bridgehead atoms. The van der Waals surface area contributed by atoms with Crippen molar-refractivity contribution in [2.75, 3.05) is 26.3 Å². The summed E-state index contributed by atoms with van der Waals surface area (Å²) in [5, 5.41) is 4.51. The number of carbonyl (C=O) groups excluding carboxylic acids is 1. The van der Waals surface area contributed by atoms with Crippen LogP contribution in [0.15, 0.2) is 4.52 Å². The number of nitrogens with zero attached hydrogens (tertiary/aromatic N) is 3. The van der Waals surface area contributed by atoms with Crippen molar-refractivity contribution >= 4 is 5.91 Å². The molecule has 0 aromatic carbocycles. The van der Waals surface area contributed by atoms with Crippen LogP contribution in [0.2, 0.25) is 0 Å². The highest BCUT2D eigenvalue weighted by atomic mass is 16.5. The van der Waals surface area contributed by atoms with Crippen molar-refractivity contribution in [2.45, 2.75) is 94.8 Å². The topological polar surface area (TPSA) is 68.5 Å². The van der Waals surface area contributed by atoms with E-state index in [9.17, 15) is 4.79 Å². The van der Waals surface area contributed by atoms with Gasteiger partial charge in [-0.2, -0.15) is 4.98 Å². The zero-order valence-corrected chi connectivity index (χ0v) is 18.3. The molecule has 1 aromatic rings. The van der Waals surface area contributed by atoms with Crippen molar-refractivity contribution in [2.24, 2.45) is 11.8 Å². The third-order valence-electron chi connectivity index (χ3n) is 8.03. The Balaban J connectivity index is 1.29. The summed E-state index contributed by atoms with van der Waals surface area (Å²) in [6.45, 7) is 3.22. The van der Waals surface area contributed by atoms with Crippen molar-refractivity contribution in [3.05, 3.63) is 11.7 Å². The molecular weight excluding hydrogens is 378 g/mol. The summed E-state index contributed by atoms with van der Waals surface area (Å²) in [5.41, 5.74) is -0.116. The summed E-state index contributed by atoms with van der Waals surface area (Å²) >= 11 is 0. The summed E-state index contributed by atoms with van der Waals surface area (Å²) in [6.07, 6.45) is 14.9. The Morgan fingerprint density at radius 1 is 1.03 bits per heavy atom. The van der Waals surface area contributed by atoms with Crippen molar-refractivity contribution in [3.63, 3.8) is 0 Å². The molecular formula is C24H37N3O3. The van der Waals surface area contributed by atoms with E-state index in [1.54, 1.807) is 0 Å². The standard InChI is InChI=1S/C24H37N3O3/c28-21(9-8-18-4-1-2-5-18)27-13-3-12-24(17-27,16-19-6-7-19)23-25-22(30-26-23)20-10-14-29-15-11-20/h18-20H,1-17H2. The SMILES string of the molecule is O=C(CCC1CCCC1)N1CCCC(CC2CC2)(c2noc(C3CCOCC3)n2)C1. The second kappa shape index (κ2) is 8.97. The zero-order chi connectivity index (χ0) is 20.4. The first-order valence-electron chi connectivity index (χ1n) is 12.4. The van der Waals surface area contributed by atoms with E-state index in [2.05, 4.69) is 10.1 Å². The lowest BCUT2D eigenvalue weighted by Crippen LogP contribution is -2.49. The lowest BCUT2D eigenvalue weighted by atomic mass is 9.74. The van der Waals surface area contributed by atoms with Gasteiger partial charge < -0.3 is 14.2 Å². The maximum Gasteiger partial charge on any atom is 0.229 e. The van der Waals surface area contributed by atoms with Gasteiger partial charge in [0.15, 0.2) is 5.82 Å². The van der Waals surface area contributed by atoms with Gasteiger partial charge in [0.2, 0.25) is 11.8 Å². The largest absolute Gasteiger partial charge is 0.381 e. The van der Waals surface area contributed by atoms with E-state index in [-0.39, 0.29) is 5.41 Å². The molecule has 30 heavy (non-hydrogen) atoms. The number of rotatable bonds is 7. The molecule has 2 saturated heterocycles. The average Bonchev–Trinajstić information content (AvgIpc) is 3.23. The van der Waals surface area contributed by atoms with Gasteiger partial charge in [0.1, 0.15) is 0 Å². The third-order valence-corrected chi connectivity index (χ3v) is 8.03. The Morgan fingerprint density at radius 2 is 1.83 bits per heavy atom. The molecule has 5 rings (SSSR count). The molecule has 1 amide bonds. The van der Waals surface area contributed by atoms with Crippen LogP contribution in [0.25, 0.3) is 0 Å². The first kappa shape index (κ1) is 20.5.